The summed E-state index contributed by atoms with van der Waals surface area (Å²) in [5.41, 5.74) is 1.45. The molecule has 24 heavy (non-hydrogen) atoms. The van der Waals surface area contributed by atoms with Gasteiger partial charge in [0, 0.05) is 25.5 Å². The SMILES string of the molecule is CCc1ncnc(OCC2CCN(c3ncc(C)cn3)CC2)c1F. The molecular weight excluding hydrogens is 309 g/mol. The molecule has 1 fully saturated rings. The highest BCUT2D eigenvalue weighted by molar-refractivity contribution is 5.30. The molecule has 0 unspecified atom stereocenters. The van der Waals surface area contributed by atoms with Crippen LogP contribution in [0.4, 0.5) is 10.3 Å². The van der Waals surface area contributed by atoms with Crippen molar-refractivity contribution in [1.29, 1.82) is 0 Å². The van der Waals surface area contributed by atoms with Gasteiger partial charge in [0.25, 0.3) is 5.88 Å². The first-order valence-electron chi connectivity index (χ1n) is 8.33. The average Bonchev–Trinajstić information content (AvgIpc) is 2.62. The molecule has 1 aliphatic rings. The Balaban J connectivity index is 1.52. The zero-order valence-electron chi connectivity index (χ0n) is 14.1. The van der Waals surface area contributed by atoms with Gasteiger partial charge in [-0.25, -0.2) is 15.0 Å². The number of hydrogen-bond donors (Lipinski definition) is 0. The molecule has 0 aromatic carbocycles. The van der Waals surface area contributed by atoms with Crippen molar-refractivity contribution in [3.63, 3.8) is 0 Å². The van der Waals surface area contributed by atoms with Gasteiger partial charge < -0.3 is 9.64 Å². The molecule has 0 spiro atoms. The summed E-state index contributed by atoms with van der Waals surface area (Å²) in [6.45, 7) is 6.06. The van der Waals surface area contributed by atoms with Crippen LogP contribution in [-0.4, -0.2) is 39.6 Å². The molecule has 3 heterocycles. The highest BCUT2D eigenvalue weighted by atomic mass is 19.1. The van der Waals surface area contributed by atoms with E-state index < -0.39 is 5.82 Å². The monoisotopic (exact) mass is 331 g/mol. The van der Waals surface area contributed by atoms with E-state index in [-0.39, 0.29) is 5.88 Å². The summed E-state index contributed by atoms with van der Waals surface area (Å²) in [4.78, 5) is 18.7. The Kier molecular flexibility index (Phi) is 5.17. The molecule has 2 aromatic heterocycles. The predicted molar refractivity (Wildman–Crippen MR) is 88.6 cm³/mol. The highest BCUT2D eigenvalue weighted by Gasteiger charge is 2.22. The molecule has 7 heteroatoms. The Labute approximate surface area is 141 Å². The van der Waals surface area contributed by atoms with Gasteiger partial charge in [-0.05, 0) is 37.7 Å². The van der Waals surface area contributed by atoms with Crippen molar-refractivity contribution < 1.29 is 9.13 Å². The standard InChI is InChI=1S/C17H22FN5O/c1-3-14-15(18)16(22-11-21-14)24-10-13-4-6-23(7-5-13)17-19-8-12(2)9-20-17/h8-9,11,13H,3-7,10H2,1-2H3. The van der Waals surface area contributed by atoms with Crippen LogP contribution in [0.1, 0.15) is 31.0 Å². The van der Waals surface area contributed by atoms with Crippen LogP contribution < -0.4 is 9.64 Å². The van der Waals surface area contributed by atoms with Crippen molar-refractivity contribution in [2.45, 2.75) is 33.1 Å². The van der Waals surface area contributed by atoms with Crippen molar-refractivity contribution in [2.75, 3.05) is 24.6 Å². The molecule has 0 bridgehead atoms. The number of halogens is 1. The summed E-state index contributed by atoms with van der Waals surface area (Å²) in [5, 5.41) is 0. The quantitative estimate of drug-likeness (QED) is 0.839. The van der Waals surface area contributed by atoms with Crippen molar-refractivity contribution in [3.8, 4) is 5.88 Å². The number of aryl methyl sites for hydroxylation is 2. The molecule has 0 aliphatic carbocycles. The van der Waals surface area contributed by atoms with Crippen molar-refractivity contribution in [3.05, 3.63) is 35.8 Å². The van der Waals surface area contributed by atoms with Crippen LogP contribution in [-0.2, 0) is 6.42 Å². The molecule has 1 saturated heterocycles. The number of nitrogens with zero attached hydrogens (tertiary/aromatic N) is 5. The summed E-state index contributed by atoms with van der Waals surface area (Å²) < 4.78 is 19.7. The van der Waals surface area contributed by atoms with E-state index in [2.05, 4.69) is 24.8 Å². The van der Waals surface area contributed by atoms with E-state index in [9.17, 15) is 4.39 Å². The van der Waals surface area contributed by atoms with Gasteiger partial charge in [-0.2, -0.15) is 9.37 Å². The molecule has 3 rings (SSSR count). The third-order valence-corrected chi connectivity index (χ3v) is 4.29. The van der Waals surface area contributed by atoms with E-state index in [1.165, 1.54) is 6.33 Å². The normalized spacial score (nSPS) is 15.5. The van der Waals surface area contributed by atoms with Gasteiger partial charge in [0.2, 0.25) is 11.8 Å². The van der Waals surface area contributed by atoms with Crippen molar-refractivity contribution in [1.82, 2.24) is 19.9 Å². The lowest BCUT2D eigenvalue weighted by Gasteiger charge is -2.31. The fraction of sp³-hybridized carbons (Fsp3) is 0.529. The van der Waals surface area contributed by atoms with E-state index in [1.54, 1.807) is 0 Å². The second kappa shape index (κ2) is 7.51. The molecular formula is C17H22FN5O. The minimum Gasteiger partial charge on any atom is -0.475 e. The van der Waals surface area contributed by atoms with Crippen LogP contribution >= 0.6 is 0 Å². The molecule has 0 saturated carbocycles. The number of hydrogen-bond acceptors (Lipinski definition) is 6. The number of anilines is 1. The van der Waals surface area contributed by atoms with Gasteiger partial charge in [0.1, 0.15) is 6.33 Å². The van der Waals surface area contributed by atoms with Crippen LogP contribution in [0.5, 0.6) is 5.88 Å². The van der Waals surface area contributed by atoms with E-state index in [1.807, 2.05) is 26.2 Å². The Morgan fingerprint density at radius 2 is 1.88 bits per heavy atom. The zero-order valence-corrected chi connectivity index (χ0v) is 14.1. The van der Waals surface area contributed by atoms with Gasteiger partial charge in [0.15, 0.2) is 0 Å². The molecule has 0 N–H and O–H groups in total. The van der Waals surface area contributed by atoms with Gasteiger partial charge in [-0.1, -0.05) is 6.92 Å². The Morgan fingerprint density at radius 1 is 1.17 bits per heavy atom. The molecule has 0 atom stereocenters. The van der Waals surface area contributed by atoms with Gasteiger partial charge >= 0.3 is 0 Å². The zero-order chi connectivity index (χ0) is 16.9. The minimum absolute atomic E-state index is 0.0612. The van der Waals surface area contributed by atoms with E-state index in [0.29, 0.717) is 24.6 Å². The molecule has 128 valence electrons. The first-order chi connectivity index (χ1) is 11.7. The largest absolute Gasteiger partial charge is 0.475 e. The first kappa shape index (κ1) is 16.5. The summed E-state index contributed by atoms with van der Waals surface area (Å²) >= 11 is 0. The molecule has 0 amide bonds. The van der Waals surface area contributed by atoms with E-state index in [4.69, 9.17) is 4.74 Å². The maximum absolute atomic E-state index is 14.1. The van der Waals surface area contributed by atoms with Crippen molar-refractivity contribution >= 4 is 5.95 Å². The van der Waals surface area contributed by atoms with Crippen LogP contribution in [0.15, 0.2) is 18.7 Å². The second-order valence-corrected chi connectivity index (χ2v) is 6.09. The Bertz CT molecular complexity index is 671. The first-order valence-corrected chi connectivity index (χ1v) is 8.33. The lowest BCUT2D eigenvalue weighted by Crippen LogP contribution is -2.36. The lowest BCUT2D eigenvalue weighted by molar-refractivity contribution is 0.206. The third-order valence-electron chi connectivity index (χ3n) is 4.29. The van der Waals surface area contributed by atoms with Crippen LogP contribution in [0.2, 0.25) is 0 Å². The number of rotatable bonds is 5. The van der Waals surface area contributed by atoms with E-state index in [0.717, 1.165) is 37.4 Å². The number of aromatic nitrogens is 4. The summed E-state index contributed by atoms with van der Waals surface area (Å²) in [6, 6.07) is 0. The van der Waals surface area contributed by atoms with Crippen LogP contribution in [0, 0.1) is 18.7 Å². The van der Waals surface area contributed by atoms with Crippen molar-refractivity contribution in [2.24, 2.45) is 5.92 Å². The van der Waals surface area contributed by atoms with E-state index >= 15 is 0 Å². The summed E-state index contributed by atoms with van der Waals surface area (Å²) in [7, 11) is 0. The molecule has 2 aromatic rings. The fourth-order valence-electron chi connectivity index (χ4n) is 2.78. The number of ether oxygens (including phenoxy) is 1. The Morgan fingerprint density at radius 3 is 2.54 bits per heavy atom. The summed E-state index contributed by atoms with van der Waals surface area (Å²) in [6.07, 6.45) is 7.48. The smallest absolute Gasteiger partial charge is 0.253 e. The average molecular weight is 331 g/mol. The third kappa shape index (κ3) is 3.77. The topological polar surface area (TPSA) is 64.0 Å². The van der Waals surface area contributed by atoms with Gasteiger partial charge in [0.05, 0.1) is 12.3 Å². The Hall–Kier alpha value is -2.31. The van der Waals surface area contributed by atoms with Crippen LogP contribution in [0.25, 0.3) is 0 Å². The number of piperidine rings is 1. The highest BCUT2D eigenvalue weighted by Crippen LogP contribution is 2.22. The lowest BCUT2D eigenvalue weighted by atomic mass is 9.98. The molecule has 6 nitrogen and oxygen atoms in total. The molecule has 0 radical (unpaired) electrons. The predicted octanol–water partition coefficient (Wildman–Crippen LogP) is 2.57. The maximum Gasteiger partial charge on any atom is 0.253 e. The van der Waals surface area contributed by atoms with Gasteiger partial charge in [-0.3, -0.25) is 0 Å². The fourth-order valence-corrected chi connectivity index (χ4v) is 2.78. The molecule has 1 aliphatic heterocycles. The summed E-state index contributed by atoms with van der Waals surface area (Å²) in [5.74, 6) is 0.775. The maximum atomic E-state index is 14.1. The second-order valence-electron chi connectivity index (χ2n) is 6.09. The van der Waals surface area contributed by atoms with Gasteiger partial charge in [-0.15, -0.1) is 0 Å². The van der Waals surface area contributed by atoms with Crippen LogP contribution in [0.3, 0.4) is 0 Å². The minimum atomic E-state index is -0.439.